The minimum atomic E-state index is -4.60. The number of nitrogens with zero attached hydrogens (tertiary/aromatic N) is 1. The molecule has 1 rings (SSSR count). The van der Waals surface area contributed by atoms with Crippen LogP contribution < -0.4 is 5.32 Å². The molecular formula is C15H25F3N2O3. The lowest BCUT2D eigenvalue weighted by atomic mass is 9.91. The Balaban J connectivity index is 2.44. The van der Waals surface area contributed by atoms with Crippen molar-refractivity contribution in [3.8, 4) is 0 Å². The SMILES string of the molecule is CC(=O)C(NC(=O)CN1CCC(C(O)C(F)(F)F)CC1)C(C)C. The van der Waals surface area contributed by atoms with Gasteiger partial charge in [-0.2, -0.15) is 13.2 Å². The van der Waals surface area contributed by atoms with E-state index < -0.39 is 24.2 Å². The second kappa shape index (κ2) is 8.10. The van der Waals surface area contributed by atoms with Crippen molar-refractivity contribution in [1.82, 2.24) is 10.2 Å². The van der Waals surface area contributed by atoms with Crippen LogP contribution in [-0.2, 0) is 9.59 Å². The Bertz CT molecular complexity index is 419. The first-order chi connectivity index (χ1) is 10.5. The molecule has 2 unspecified atom stereocenters. The number of aliphatic hydroxyl groups is 1. The second-order valence-corrected chi connectivity index (χ2v) is 6.50. The van der Waals surface area contributed by atoms with E-state index in [4.69, 9.17) is 0 Å². The van der Waals surface area contributed by atoms with Crippen molar-refractivity contribution in [2.75, 3.05) is 19.6 Å². The van der Waals surface area contributed by atoms with Gasteiger partial charge in [-0.15, -0.1) is 0 Å². The monoisotopic (exact) mass is 338 g/mol. The van der Waals surface area contributed by atoms with Gasteiger partial charge >= 0.3 is 6.18 Å². The predicted molar refractivity (Wildman–Crippen MR) is 78.7 cm³/mol. The average molecular weight is 338 g/mol. The fourth-order valence-electron chi connectivity index (χ4n) is 2.85. The highest BCUT2D eigenvalue weighted by atomic mass is 19.4. The average Bonchev–Trinajstić information content (AvgIpc) is 2.43. The number of carbonyl (C=O) groups is 2. The fourth-order valence-corrected chi connectivity index (χ4v) is 2.85. The number of carbonyl (C=O) groups excluding carboxylic acids is 2. The number of hydrogen-bond donors (Lipinski definition) is 2. The number of halogens is 3. The second-order valence-electron chi connectivity index (χ2n) is 6.50. The summed E-state index contributed by atoms with van der Waals surface area (Å²) in [5.41, 5.74) is 0. The molecular weight excluding hydrogens is 313 g/mol. The van der Waals surface area contributed by atoms with Gasteiger partial charge in [0.25, 0.3) is 0 Å². The Labute approximate surface area is 134 Å². The first kappa shape index (κ1) is 19.9. The molecule has 1 fully saturated rings. The van der Waals surface area contributed by atoms with Crippen LogP contribution in [0.1, 0.15) is 33.6 Å². The molecule has 1 amide bonds. The summed E-state index contributed by atoms with van der Waals surface area (Å²) in [7, 11) is 0. The predicted octanol–water partition coefficient (Wildman–Crippen LogP) is 1.35. The van der Waals surface area contributed by atoms with Gasteiger partial charge in [0.2, 0.25) is 5.91 Å². The summed E-state index contributed by atoms with van der Waals surface area (Å²) < 4.78 is 37.4. The molecule has 1 saturated heterocycles. The van der Waals surface area contributed by atoms with E-state index in [1.165, 1.54) is 6.92 Å². The van der Waals surface area contributed by atoms with Crippen molar-refractivity contribution < 1.29 is 27.9 Å². The Kier molecular flexibility index (Phi) is 7.01. The van der Waals surface area contributed by atoms with Crippen LogP contribution in [0.4, 0.5) is 13.2 Å². The van der Waals surface area contributed by atoms with E-state index in [0.29, 0.717) is 13.1 Å². The minimum Gasteiger partial charge on any atom is -0.383 e. The summed E-state index contributed by atoms with van der Waals surface area (Å²) in [6.45, 7) is 5.75. The summed E-state index contributed by atoms with van der Waals surface area (Å²) in [4.78, 5) is 25.2. The van der Waals surface area contributed by atoms with Gasteiger partial charge in [0.05, 0.1) is 12.6 Å². The molecule has 8 heteroatoms. The van der Waals surface area contributed by atoms with E-state index in [1.807, 2.05) is 13.8 Å². The summed E-state index contributed by atoms with van der Waals surface area (Å²) in [5, 5.41) is 11.9. The first-order valence-corrected chi connectivity index (χ1v) is 7.79. The third-order valence-electron chi connectivity index (χ3n) is 4.20. The summed E-state index contributed by atoms with van der Waals surface area (Å²) in [6.07, 6.45) is -6.53. The van der Waals surface area contributed by atoms with E-state index in [9.17, 15) is 27.9 Å². The van der Waals surface area contributed by atoms with Crippen LogP contribution >= 0.6 is 0 Å². The van der Waals surface area contributed by atoms with Gasteiger partial charge in [0.1, 0.15) is 0 Å². The van der Waals surface area contributed by atoms with Gasteiger partial charge < -0.3 is 10.4 Å². The largest absolute Gasteiger partial charge is 0.414 e. The molecule has 1 aliphatic heterocycles. The van der Waals surface area contributed by atoms with E-state index >= 15 is 0 Å². The van der Waals surface area contributed by atoms with Crippen molar-refractivity contribution in [3.05, 3.63) is 0 Å². The zero-order valence-corrected chi connectivity index (χ0v) is 13.7. The standard InChI is InChI=1S/C15H25F3N2O3/c1-9(2)13(10(3)21)19-12(22)8-20-6-4-11(5-7-20)14(23)15(16,17)18/h9,11,13-14,23H,4-8H2,1-3H3,(H,19,22). The lowest BCUT2D eigenvalue weighted by Gasteiger charge is -2.34. The number of amides is 1. The van der Waals surface area contributed by atoms with Gasteiger partial charge in [-0.1, -0.05) is 13.8 Å². The zero-order valence-electron chi connectivity index (χ0n) is 13.7. The molecule has 0 spiro atoms. The molecule has 0 bridgehead atoms. The Hall–Kier alpha value is -1.15. The van der Waals surface area contributed by atoms with E-state index in [-0.39, 0.29) is 37.0 Å². The number of likely N-dealkylation sites (tertiary alicyclic amines) is 1. The number of ketones is 1. The molecule has 1 aliphatic rings. The summed E-state index contributed by atoms with van der Waals surface area (Å²) in [6, 6.07) is -0.549. The Morgan fingerprint density at radius 2 is 1.78 bits per heavy atom. The van der Waals surface area contributed by atoms with Crippen molar-refractivity contribution >= 4 is 11.7 Å². The maximum absolute atomic E-state index is 12.5. The topological polar surface area (TPSA) is 69.6 Å². The van der Waals surface area contributed by atoms with E-state index in [1.54, 1.807) is 4.90 Å². The quantitative estimate of drug-likeness (QED) is 0.767. The third-order valence-corrected chi connectivity index (χ3v) is 4.20. The van der Waals surface area contributed by atoms with Crippen LogP contribution in [0.3, 0.4) is 0 Å². The number of aliphatic hydroxyl groups excluding tert-OH is 1. The van der Waals surface area contributed by atoms with Gasteiger partial charge in [0.15, 0.2) is 11.9 Å². The molecule has 0 aromatic heterocycles. The number of rotatable bonds is 6. The molecule has 134 valence electrons. The van der Waals surface area contributed by atoms with Crippen LogP contribution in [0.15, 0.2) is 0 Å². The van der Waals surface area contributed by atoms with Gasteiger partial charge in [0, 0.05) is 0 Å². The van der Waals surface area contributed by atoms with Crippen LogP contribution in [0.25, 0.3) is 0 Å². The summed E-state index contributed by atoms with van der Waals surface area (Å²) in [5.74, 6) is -1.28. The number of piperidine rings is 1. The highest BCUT2D eigenvalue weighted by Gasteiger charge is 2.44. The highest BCUT2D eigenvalue weighted by Crippen LogP contribution is 2.31. The maximum atomic E-state index is 12.5. The fraction of sp³-hybridized carbons (Fsp3) is 0.867. The molecule has 23 heavy (non-hydrogen) atoms. The lowest BCUT2D eigenvalue weighted by molar-refractivity contribution is -0.223. The molecule has 5 nitrogen and oxygen atoms in total. The van der Waals surface area contributed by atoms with Crippen LogP contribution in [0, 0.1) is 11.8 Å². The molecule has 0 aromatic carbocycles. The molecule has 2 atom stereocenters. The third kappa shape index (κ3) is 6.10. The number of hydrogen-bond acceptors (Lipinski definition) is 4. The van der Waals surface area contributed by atoms with Crippen LogP contribution in [-0.4, -0.2) is 59.7 Å². The van der Waals surface area contributed by atoms with Crippen LogP contribution in [0.5, 0.6) is 0 Å². The Morgan fingerprint density at radius 3 is 2.17 bits per heavy atom. The number of alkyl halides is 3. The van der Waals surface area contributed by atoms with Gasteiger partial charge in [-0.05, 0) is 44.7 Å². The molecule has 1 heterocycles. The number of Topliss-reactive ketones (excluding diaryl/α,β-unsaturated/α-hetero) is 1. The Morgan fingerprint density at radius 1 is 1.26 bits per heavy atom. The normalized spacial score (nSPS) is 20.3. The van der Waals surface area contributed by atoms with Crippen molar-refractivity contribution in [1.29, 1.82) is 0 Å². The summed E-state index contributed by atoms with van der Waals surface area (Å²) >= 11 is 0. The maximum Gasteiger partial charge on any atom is 0.414 e. The molecule has 2 N–H and O–H groups in total. The zero-order chi connectivity index (χ0) is 17.8. The lowest BCUT2D eigenvalue weighted by Crippen LogP contribution is -2.49. The van der Waals surface area contributed by atoms with Gasteiger partial charge in [-0.25, -0.2) is 0 Å². The minimum absolute atomic E-state index is 0.0240. The first-order valence-electron chi connectivity index (χ1n) is 7.79. The smallest absolute Gasteiger partial charge is 0.383 e. The van der Waals surface area contributed by atoms with Crippen molar-refractivity contribution in [2.24, 2.45) is 11.8 Å². The highest BCUT2D eigenvalue weighted by molar-refractivity contribution is 5.88. The number of nitrogens with one attached hydrogen (secondary N) is 1. The molecule has 0 saturated carbocycles. The van der Waals surface area contributed by atoms with Crippen molar-refractivity contribution in [2.45, 2.75) is 51.9 Å². The van der Waals surface area contributed by atoms with Crippen molar-refractivity contribution in [3.63, 3.8) is 0 Å². The van der Waals surface area contributed by atoms with Gasteiger partial charge in [-0.3, -0.25) is 14.5 Å². The molecule has 0 radical (unpaired) electrons. The van der Waals surface area contributed by atoms with E-state index in [0.717, 1.165) is 0 Å². The molecule has 0 aliphatic carbocycles. The molecule has 0 aromatic rings. The van der Waals surface area contributed by atoms with E-state index in [2.05, 4.69) is 5.32 Å². The van der Waals surface area contributed by atoms with Crippen LogP contribution in [0.2, 0.25) is 0 Å².